The van der Waals surface area contributed by atoms with Crippen LogP contribution in [0.1, 0.15) is 20.8 Å². The van der Waals surface area contributed by atoms with Crippen molar-refractivity contribution in [2.75, 3.05) is 19.8 Å². The van der Waals surface area contributed by atoms with Gasteiger partial charge in [0.25, 0.3) is 0 Å². The van der Waals surface area contributed by atoms with E-state index in [1.165, 1.54) is 0 Å². The summed E-state index contributed by atoms with van der Waals surface area (Å²) in [6.45, 7) is 5.91. The first-order valence-electron chi connectivity index (χ1n) is 4.26. The van der Waals surface area contributed by atoms with Crippen LogP contribution in [-0.2, 0) is 18.4 Å². The van der Waals surface area contributed by atoms with Gasteiger partial charge >= 0.3 is 7.75 Å². The van der Waals surface area contributed by atoms with Gasteiger partial charge in [0.15, 0.2) is 0 Å². The van der Waals surface area contributed by atoms with Gasteiger partial charge in [0.05, 0.1) is 13.2 Å². The number of hydrogen-bond donors (Lipinski definition) is 0. The normalized spacial score (nSPS) is 11.3. The van der Waals surface area contributed by atoms with Gasteiger partial charge in [-0.1, -0.05) is 0 Å². The van der Waals surface area contributed by atoms with Crippen LogP contribution in [0.4, 0.5) is 0 Å². The van der Waals surface area contributed by atoms with E-state index in [0.717, 1.165) is 4.67 Å². The van der Waals surface area contributed by atoms with E-state index in [2.05, 4.69) is 0 Å². The van der Waals surface area contributed by atoms with Crippen molar-refractivity contribution in [1.82, 2.24) is 4.67 Å². The largest absolute Gasteiger partial charge is 0.437 e. The summed E-state index contributed by atoms with van der Waals surface area (Å²) < 4.78 is 22.8. The van der Waals surface area contributed by atoms with E-state index in [-0.39, 0.29) is 13.2 Å². The lowest BCUT2D eigenvalue weighted by Crippen LogP contribution is -2.21. The molecule has 0 aromatic rings. The molecule has 0 radical (unpaired) electrons. The first-order valence-corrected chi connectivity index (χ1v) is 5.75. The predicted octanol–water partition coefficient (Wildman–Crippen LogP) is 1.65. The van der Waals surface area contributed by atoms with Gasteiger partial charge < -0.3 is 0 Å². The summed E-state index contributed by atoms with van der Waals surface area (Å²) >= 11 is 0. The standard InChI is InChI=1S/C7H16NO4P/c1-4-8(7-9)13(10,11-5-2)12-6-3/h7H,4-6H2,1-3H3. The SMILES string of the molecule is CCOP(=O)(OCC)N(C=O)CC. The van der Waals surface area contributed by atoms with Crippen molar-refractivity contribution in [1.29, 1.82) is 0 Å². The van der Waals surface area contributed by atoms with Gasteiger partial charge in [0.1, 0.15) is 0 Å². The molecule has 0 saturated heterocycles. The van der Waals surface area contributed by atoms with Crippen LogP contribution in [0.25, 0.3) is 0 Å². The molecule has 0 unspecified atom stereocenters. The van der Waals surface area contributed by atoms with E-state index >= 15 is 0 Å². The van der Waals surface area contributed by atoms with E-state index in [1.807, 2.05) is 0 Å². The van der Waals surface area contributed by atoms with Gasteiger partial charge in [-0.05, 0) is 20.8 Å². The number of nitrogens with zero attached hydrogens (tertiary/aromatic N) is 1. The smallest absolute Gasteiger partial charge is 0.292 e. The summed E-state index contributed by atoms with van der Waals surface area (Å²) in [5.74, 6) is 0. The van der Waals surface area contributed by atoms with Crippen LogP contribution in [0, 0.1) is 0 Å². The molecule has 0 N–H and O–H groups in total. The Morgan fingerprint density at radius 3 is 1.92 bits per heavy atom. The molecule has 0 aliphatic heterocycles. The molecule has 6 heteroatoms. The van der Waals surface area contributed by atoms with Crippen molar-refractivity contribution in [3.63, 3.8) is 0 Å². The Morgan fingerprint density at radius 2 is 1.69 bits per heavy atom. The average Bonchev–Trinajstić information content (AvgIpc) is 2.07. The molecule has 0 aliphatic rings. The monoisotopic (exact) mass is 209 g/mol. The quantitative estimate of drug-likeness (QED) is 0.472. The number of carbonyl (C=O) groups excluding carboxylic acids is 1. The summed E-state index contributed by atoms with van der Waals surface area (Å²) in [4.78, 5) is 10.5. The van der Waals surface area contributed by atoms with E-state index in [1.54, 1.807) is 20.8 Å². The van der Waals surface area contributed by atoms with Crippen LogP contribution in [0.15, 0.2) is 0 Å². The highest BCUT2D eigenvalue weighted by Gasteiger charge is 2.30. The lowest BCUT2D eigenvalue weighted by atomic mass is 10.8. The van der Waals surface area contributed by atoms with Crippen molar-refractivity contribution >= 4 is 14.2 Å². The Morgan fingerprint density at radius 1 is 1.23 bits per heavy atom. The summed E-state index contributed by atoms with van der Waals surface area (Å²) in [6.07, 6.45) is 0.478. The van der Waals surface area contributed by atoms with Crippen molar-refractivity contribution in [3.05, 3.63) is 0 Å². The third kappa shape index (κ3) is 3.46. The van der Waals surface area contributed by atoms with Crippen molar-refractivity contribution in [2.24, 2.45) is 0 Å². The second-order valence-electron chi connectivity index (χ2n) is 2.17. The second kappa shape index (κ2) is 6.13. The highest BCUT2D eigenvalue weighted by Crippen LogP contribution is 2.50. The molecule has 1 amide bonds. The third-order valence-corrected chi connectivity index (χ3v) is 3.52. The minimum atomic E-state index is -3.36. The highest BCUT2D eigenvalue weighted by molar-refractivity contribution is 7.51. The Bertz CT molecular complexity index is 187. The fourth-order valence-corrected chi connectivity index (χ4v) is 2.30. The third-order valence-electron chi connectivity index (χ3n) is 1.34. The Hall–Kier alpha value is -0.380. The summed E-state index contributed by atoms with van der Waals surface area (Å²) in [6, 6.07) is 0. The van der Waals surface area contributed by atoms with E-state index in [4.69, 9.17) is 9.05 Å². The summed E-state index contributed by atoms with van der Waals surface area (Å²) in [7, 11) is -3.36. The zero-order valence-corrected chi connectivity index (χ0v) is 9.12. The fourth-order valence-electron chi connectivity index (χ4n) is 0.817. The molecular formula is C7H16NO4P. The van der Waals surface area contributed by atoms with Gasteiger partial charge in [-0.2, -0.15) is 0 Å². The second-order valence-corrected chi connectivity index (χ2v) is 4.13. The van der Waals surface area contributed by atoms with Gasteiger partial charge in [-0.3, -0.25) is 18.5 Å². The lowest BCUT2D eigenvalue weighted by Gasteiger charge is -2.24. The first kappa shape index (κ1) is 12.6. The van der Waals surface area contributed by atoms with Crippen LogP contribution >= 0.6 is 7.75 Å². The summed E-state index contributed by atoms with van der Waals surface area (Å²) in [5, 5.41) is 0. The zero-order valence-electron chi connectivity index (χ0n) is 8.23. The summed E-state index contributed by atoms with van der Waals surface area (Å²) in [5.41, 5.74) is 0. The minimum Gasteiger partial charge on any atom is -0.292 e. The molecule has 0 aromatic carbocycles. The van der Waals surface area contributed by atoms with Gasteiger partial charge in [-0.15, -0.1) is 0 Å². The van der Waals surface area contributed by atoms with Gasteiger partial charge in [0.2, 0.25) is 6.41 Å². The topological polar surface area (TPSA) is 55.8 Å². The minimum absolute atomic E-state index is 0.252. The van der Waals surface area contributed by atoms with Gasteiger partial charge in [-0.25, -0.2) is 4.57 Å². The maximum absolute atomic E-state index is 11.8. The van der Waals surface area contributed by atoms with E-state index in [0.29, 0.717) is 13.0 Å². The fraction of sp³-hybridized carbons (Fsp3) is 0.857. The molecule has 0 heterocycles. The number of carbonyl (C=O) groups is 1. The van der Waals surface area contributed by atoms with Crippen LogP contribution in [0.3, 0.4) is 0 Å². The maximum atomic E-state index is 11.8. The molecule has 0 bridgehead atoms. The molecule has 0 rings (SSSR count). The van der Waals surface area contributed by atoms with E-state index in [9.17, 15) is 9.36 Å². The van der Waals surface area contributed by atoms with Crippen molar-refractivity contribution in [2.45, 2.75) is 20.8 Å². The number of amides is 1. The van der Waals surface area contributed by atoms with Crippen molar-refractivity contribution in [3.8, 4) is 0 Å². The maximum Gasteiger partial charge on any atom is 0.437 e. The highest BCUT2D eigenvalue weighted by atomic mass is 31.2. The molecule has 13 heavy (non-hydrogen) atoms. The van der Waals surface area contributed by atoms with Crippen LogP contribution in [-0.4, -0.2) is 30.8 Å². The van der Waals surface area contributed by atoms with Gasteiger partial charge in [0, 0.05) is 6.54 Å². The molecule has 0 atom stereocenters. The van der Waals surface area contributed by atoms with E-state index < -0.39 is 7.75 Å². The van der Waals surface area contributed by atoms with Crippen LogP contribution < -0.4 is 0 Å². The molecule has 0 spiro atoms. The zero-order chi connectivity index (χ0) is 10.3. The van der Waals surface area contributed by atoms with Crippen molar-refractivity contribution < 1.29 is 18.4 Å². The Kier molecular flexibility index (Phi) is 5.95. The molecule has 0 saturated carbocycles. The molecule has 0 fully saturated rings. The van der Waals surface area contributed by atoms with Crippen LogP contribution in [0.5, 0.6) is 0 Å². The molecule has 0 aromatic heterocycles. The molecular weight excluding hydrogens is 193 g/mol. The average molecular weight is 209 g/mol. The Balaban J connectivity index is 4.53. The van der Waals surface area contributed by atoms with Crippen LogP contribution in [0.2, 0.25) is 0 Å². The first-order chi connectivity index (χ1) is 6.14. The molecule has 0 aliphatic carbocycles. The molecule has 5 nitrogen and oxygen atoms in total. The Labute approximate surface area is 78.6 Å². The number of hydrogen-bond acceptors (Lipinski definition) is 4. The molecule has 78 valence electrons. The number of rotatable bonds is 7. The predicted molar refractivity (Wildman–Crippen MR) is 49.3 cm³/mol. The lowest BCUT2D eigenvalue weighted by molar-refractivity contribution is -0.115.